The molecular weight excluding hydrogens is 475 g/mol. The highest BCUT2D eigenvalue weighted by molar-refractivity contribution is 6.01. The number of anilines is 1. The van der Waals surface area contributed by atoms with Crippen LogP contribution >= 0.6 is 0 Å². The van der Waals surface area contributed by atoms with Crippen molar-refractivity contribution in [2.45, 2.75) is 12.5 Å². The van der Waals surface area contributed by atoms with Gasteiger partial charge in [-0.25, -0.2) is 19.3 Å². The quantitative estimate of drug-likeness (QED) is 0.301. The minimum absolute atomic E-state index is 0.145. The third kappa shape index (κ3) is 3.70. The number of carbonyl (C=O) groups excluding carboxylic acids is 1. The van der Waals surface area contributed by atoms with Gasteiger partial charge in [-0.3, -0.25) is 9.48 Å². The SMILES string of the molecule is C=CC(=O)N1CC[C@H](n2nc(C#Cc3cc4ncn(C)c4cc3F)c3c(N)ncc(-c4ncco4)c32)C1. The summed E-state index contributed by atoms with van der Waals surface area (Å²) in [6, 6.07) is 2.86. The van der Waals surface area contributed by atoms with Crippen LogP contribution in [0.4, 0.5) is 10.2 Å². The predicted molar refractivity (Wildman–Crippen MR) is 135 cm³/mol. The van der Waals surface area contributed by atoms with E-state index >= 15 is 0 Å². The first-order chi connectivity index (χ1) is 17.9. The van der Waals surface area contributed by atoms with Crippen molar-refractivity contribution >= 4 is 33.7 Å². The van der Waals surface area contributed by atoms with Gasteiger partial charge in [-0.1, -0.05) is 12.5 Å². The maximum absolute atomic E-state index is 14.9. The number of nitrogens with two attached hydrogens (primary N) is 1. The number of likely N-dealkylation sites (tertiary alicyclic amines) is 1. The number of nitrogens with zero attached hydrogens (tertiary/aromatic N) is 7. The average molecular weight is 497 g/mol. The minimum Gasteiger partial charge on any atom is -0.444 e. The van der Waals surface area contributed by atoms with Crippen molar-refractivity contribution in [3.05, 3.63) is 66.8 Å². The molecule has 6 rings (SSSR count). The Bertz CT molecular complexity index is 1760. The molecule has 0 radical (unpaired) electrons. The van der Waals surface area contributed by atoms with E-state index in [2.05, 4.69) is 33.4 Å². The Morgan fingerprint density at radius 2 is 2.16 bits per heavy atom. The largest absolute Gasteiger partial charge is 0.444 e. The maximum atomic E-state index is 14.9. The Morgan fingerprint density at radius 3 is 2.95 bits per heavy atom. The lowest BCUT2D eigenvalue weighted by Crippen LogP contribution is -2.27. The molecule has 1 amide bonds. The van der Waals surface area contributed by atoms with Gasteiger partial charge in [-0.15, -0.1) is 0 Å². The fraction of sp³-hybridized carbons (Fsp3) is 0.192. The summed E-state index contributed by atoms with van der Waals surface area (Å²) in [5, 5.41) is 5.29. The van der Waals surface area contributed by atoms with Crippen molar-refractivity contribution in [3.63, 3.8) is 0 Å². The Hall–Kier alpha value is -4.98. The molecule has 184 valence electrons. The molecule has 2 N–H and O–H groups in total. The van der Waals surface area contributed by atoms with Gasteiger partial charge in [-0.05, 0) is 24.5 Å². The number of aryl methyl sites for hydroxylation is 1. The van der Waals surface area contributed by atoms with Crippen molar-refractivity contribution in [1.29, 1.82) is 0 Å². The predicted octanol–water partition coefficient (Wildman–Crippen LogP) is 3.05. The number of oxazole rings is 1. The summed E-state index contributed by atoms with van der Waals surface area (Å²) < 4.78 is 23.9. The average Bonchev–Trinajstić information content (AvgIpc) is 3.70. The van der Waals surface area contributed by atoms with Crippen molar-refractivity contribution < 1.29 is 13.6 Å². The smallest absolute Gasteiger partial charge is 0.246 e. The molecule has 0 saturated carbocycles. The van der Waals surface area contributed by atoms with E-state index in [4.69, 9.17) is 15.2 Å². The summed E-state index contributed by atoms with van der Waals surface area (Å²) >= 11 is 0. The van der Waals surface area contributed by atoms with E-state index in [1.54, 1.807) is 39.8 Å². The number of amides is 1. The summed E-state index contributed by atoms with van der Waals surface area (Å²) in [4.78, 5) is 26.8. The van der Waals surface area contributed by atoms with E-state index in [9.17, 15) is 9.18 Å². The van der Waals surface area contributed by atoms with Crippen LogP contribution in [-0.2, 0) is 11.8 Å². The number of halogens is 1. The van der Waals surface area contributed by atoms with Crippen LogP contribution in [0, 0.1) is 17.7 Å². The Kier molecular flexibility index (Phi) is 5.22. The number of hydrogen-bond acceptors (Lipinski definition) is 7. The second-order valence-electron chi connectivity index (χ2n) is 8.77. The van der Waals surface area contributed by atoms with Gasteiger partial charge >= 0.3 is 0 Å². The van der Waals surface area contributed by atoms with E-state index in [-0.39, 0.29) is 23.3 Å². The first kappa shape index (κ1) is 22.5. The summed E-state index contributed by atoms with van der Waals surface area (Å²) in [5.74, 6) is 5.85. The third-order valence-corrected chi connectivity index (χ3v) is 6.54. The fourth-order valence-electron chi connectivity index (χ4n) is 4.70. The molecule has 0 unspecified atom stereocenters. The van der Waals surface area contributed by atoms with Gasteiger partial charge in [0, 0.05) is 32.4 Å². The van der Waals surface area contributed by atoms with Crippen LogP contribution in [0.15, 0.2) is 54.2 Å². The molecule has 1 aliphatic rings. The van der Waals surface area contributed by atoms with Crippen LogP contribution in [0.25, 0.3) is 33.4 Å². The van der Waals surface area contributed by atoms with Crippen molar-refractivity contribution in [1.82, 2.24) is 34.2 Å². The molecule has 37 heavy (non-hydrogen) atoms. The third-order valence-electron chi connectivity index (χ3n) is 6.54. The molecule has 1 aromatic carbocycles. The molecule has 10 nitrogen and oxygen atoms in total. The minimum atomic E-state index is -0.465. The number of nitrogen functional groups attached to an aromatic ring is 1. The Labute approximate surface area is 210 Å². The van der Waals surface area contributed by atoms with E-state index < -0.39 is 5.82 Å². The van der Waals surface area contributed by atoms with Crippen LogP contribution in [0.2, 0.25) is 0 Å². The van der Waals surface area contributed by atoms with Gasteiger partial charge in [0.1, 0.15) is 23.6 Å². The number of pyridine rings is 1. The zero-order valence-electron chi connectivity index (χ0n) is 19.8. The lowest BCUT2D eigenvalue weighted by Gasteiger charge is -2.16. The van der Waals surface area contributed by atoms with Crippen LogP contribution < -0.4 is 5.73 Å². The molecule has 4 aromatic heterocycles. The van der Waals surface area contributed by atoms with Crippen molar-refractivity contribution in [2.75, 3.05) is 18.8 Å². The number of hydrogen-bond donors (Lipinski definition) is 1. The lowest BCUT2D eigenvalue weighted by atomic mass is 10.1. The molecule has 1 atom stereocenters. The van der Waals surface area contributed by atoms with Gasteiger partial charge < -0.3 is 19.6 Å². The summed E-state index contributed by atoms with van der Waals surface area (Å²) in [7, 11) is 1.80. The monoisotopic (exact) mass is 496 g/mol. The van der Waals surface area contributed by atoms with Crippen molar-refractivity contribution in [2.24, 2.45) is 7.05 Å². The first-order valence-corrected chi connectivity index (χ1v) is 11.5. The Balaban J connectivity index is 1.52. The summed E-state index contributed by atoms with van der Waals surface area (Å²) in [6.07, 6.45) is 8.17. The van der Waals surface area contributed by atoms with Gasteiger partial charge in [-0.2, -0.15) is 5.10 Å². The van der Waals surface area contributed by atoms with Crippen LogP contribution in [0.3, 0.4) is 0 Å². The zero-order chi connectivity index (χ0) is 25.7. The summed E-state index contributed by atoms with van der Waals surface area (Å²) in [6.45, 7) is 4.58. The molecule has 0 aliphatic carbocycles. The van der Waals surface area contributed by atoms with Gasteiger partial charge in [0.15, 0.2) is 0 Å². The molecule has 5 heterocycles. The molecule has 1 aliphatic heterocycles. The molecule has 5 aromatic rings. The highest BCUT2D eigenvalue weighted by atomic mass is 19.1. The second-order valence-corrected chi connectivity index (χ2v) is 8.77. The lowest BCUT2D eigenvalue weighted by molar-refractivity contribution is -0.125. The standard InChI is InChI=1S/C26H21FN8O2/c1-3-22(36)34-8-6-16(13-34)35-24-17(26-29-7-9-37-26)12-30-25(28)23(24)19(32-35)5-4-15-10-20-21(11-18(15)27)33(2)14-31-20/h3,7,9-12,14,16H,1,6,8,13H2,2H3,(H2,28,30)/t16-/m0/s1. The number of benzene rings is 1. The normalized spacial score (nSPS) is 15.3. The van der Waals surface area contributed by atoms with Gasteiger partial charge in [0.25, 0.3) is 0 Å². The molecule has 1 saturated heterocycles. The second kappa shape index (κ2) is 8.60. The first-order valence-electron chi connectivity index (χ1n) is 11.5. The number of aromatic nitrogens is 6. The van der Waals surface area contributed by atoms with E-state index in [1.807, 2.05) is 0 Å². The number of fused-ring (bicyclic) bond motifs is 2. The van der Waals surface area contributed by atoms with Gasteiger partial charge in [0.2, 0.25) is 11.8 Å². The van der Waals surface area contributed by atoms with E-state index in [1.165, 1.54) is 24.6 Å². The molecule has 0 bridgehead atoms. The topological polar surface area (TPSA) is 121 Å². The number of rotatable bonds is 3. The molecule has 0 spiro atoms. The summed E-state index contributed by atoms with van der Waals surface area (Å²) in [5.41, 5.74) is 9.37. The van der Waals surface area contributed by atoms with Crippen LogP contribution in [0.1, 0.15) is 23.7 Å². The number of imidazole rings is 1. The van der Waals surface area contributed by atoms with E-state index in [0.29, 0.717) is 58.6 Å². The highest BCUT2D eigenvalue weighted by Crippen LogP contribution is 2.35. The van der Waals surface area contributed by atoms with Gasteiger partial charge in [0.05, 0.1) is 51.6 Å². The highest BCUT2D eigenvalue weighted by Gasteiger charge is 2.30. The maximum Gasteiger partial charge on any atom is 0.246 e. The molecule has 1 fully saturated rings. The zero-order valence-corrected chi connectivity index (χ0v) is 19.8. The fourth-order valence-corrected chi connectivity index (χ4v) is 4.70. The van der Waals surface area contributed by atoms with E-state index in [0.717, 1.165) is 0 Å². The van der Waals surface area contributed by atoms with Crippen LogP contribution in [0.5, 0.6) is 0 Å². The molecular formula is C26H21FN8O2. The Morgan fingerprint density at radius 1 is 1.30 bits per heavy atom. The van der Waals surface area contributed by atoms with Crippen molar-refractivity contribution in [3.8, 4) is 23.3 Å². The van der Waals surface area contributed by atoms with Crippen LogP contribution in [-0.4, -0.2) is 53.2 Å². The molecule has 11 heteroatoms. The number of carbonyl (C=O) groups is 1.